The summed E-state index contributed by atoms with van der Waals surface area (Å²) in [5.74, 6) is 2.63. The first-order valence-electron chi connectivity index (χ1n) is 4.88. The van der Waals surface area contributed by atoms with Gasteiger partial charge in [-0.3, -0.25) is 0 Å². The van der Waals surface area contributed by atoms with Crippen LogP contribution >= 0.6 is 27.7 Å². The molecule has 0 aromatic carbocycles. The first-order chi connectivity index (χ1) is 5.66. The molecule has 72 valence electrons. The smallest absolute Gasteiger partial charge is 0.0151 e. The molecule has 0 aromatic rings. The van der Waals surface area contributed by atoms with Crippen molar-refractivity contribution in [3.8, 4) is 0 Å². The van der Waals surface area contributed by atoms with Crippen LogP contribution in [0.3, 0.4) is 0 Å². The number of hydrogen-bond donors (Lipinski definition) is 0. The summed E-state index contributed by atoms with van der Waals surface area (Å²) >= 11 is 5.80. The lowest BCUT2D eigenvalue weighted by atomic mass is 9.86. The van der Waals surface area contributed by atoms with Crippen LogP contribution in [0.1, 0.15) is 39.5 Å². The summed E-state index contributed by atoms with van der Waals surface area (Å²) in [4.78, 5) is 0.800. The summed E-state index contributed by atoms with van der Waals surface area (Å²) in [6.45, 7) is 4.69. The minimum Gasteiger partial charge on any atom is -0.162 e. The summed E-state index contributed by atoms with van der Waals surface area (Å²) in [7, 11) is 0. The third-order valence-corrected chi connectivity index (χ3v) is 4.51. The zero-order valence-corrected chi connectivity index (χ0v) is 10.5. The molecule has 0 N–H and O–H groups in total. The molecule has 0 saturated heterocycles. The standard InChI is InChI=1S/C10H19BrS/c1-3-12-7-6-10(2)5-4-9(11)8-10/h9H,3-8H2,1-2H3. The lowest BCUT2D eigenvalue weighted by Gasteiger charge is -2.23. The molecule has 1 saturated carbocycles. The topological polar surface area (TPSA) is 0 Å². The van der Waals surface area contributed by atoms with Gasteiger partial charge in [0.05, 0.1) is 0 Å². The number of thioether (sulfide) groups is 1. The van der Waals surface area contributed by atoms with Gasteiger partial charge in [-0.2, -0.15) is 11.8 Å². The predicted octanol–water partition coefficient (Wildman–Crippen LogP) is 4.08. The van der Waals surface area contributed by atoms with E-state index < -0.39 is 0 Å². The van der Waals surface area contributed by atoms with Gasteiger partial charge in [0, 0.05) is 4.83 Å². The van der Waals surface area contributed by atoms with Crippen molar-refractivity contribution in [2.75, 3.05) is 11.5 Å². The average molecular weight is 251 g/mol. The normalized spacial score (nSPS) is 35.8. The number of alkyl halides is 1. The van der Waals surface area contributed by atoms with Gasteiger partial charge in [0.25, 0.3) is 0 Å². The van der Waals surface area contributed by atoms with Gasteiger partial charge in [0.1, 0.15) is 0 Å². The maximum absolute atomic E-state index is 3.72. The molecule has 0 radical (unpaired) electrons. The molecule has 0 aliphatic heterocycles. The Hall–Kier alpha value is 0.830. The molecular formula is C10H19BrS. The third kappa shape index (κ3) is 3.29. The third-order valence-electron chi connectivity index (χ3n) is 2.83. The Morgan fingerprint density at radius 3 is 2.83 bits per heavy atom. The average Bonchev–Trinajstić information content (AvgIpc) is 2.32. The molecule has 2 heteroatoms. The Labute approximate surface area is 89.0 Å². The van der Waals surface area contributed by atoms with Crippen LogP contribution < -0.4 is 0 Å². The molecule has 0 amide bonds. The molecule has 0 aromatic heterocycles. The van der Waals surface area contributed by atoms with Crippen molar-refractivity contribution in [2.45, 2.75) is 44.4 Å². The molecule has 0 heterocycles. The predicted molar refractivity (Wildman–Crippen MR) is 62.3 cm³/mol. The highest BCUT2D eigenvalue weighted by atomic mass is 79.9. The number of halogens is 1. The Morgan fingerprint density at radius 1 is 1.58 bits per heavy atom. The minimum atomic E-state index is 0.649. The summed E-state index contributed by atoms with van der Waals surface area (Å²) in [6.07, 6.45) is 5.60. The first kappa shape index (κ1) is 10.9. The highest BCUT2D eigenvalue weighted by Crippen LogP contribution is 2.44. The first-order valence-corrected chi connectivity index (χ1v) is 6.95. The monoisotopic (exact) mass is 250 g/mol. The maximum atomic E-state index is 3.72. The molecule has 0 nitrogen and oxygen atoms in total. The van der Waals surface area contributed by atoms with Gasteiger partial charge < -0.3 is 0 Å². The summed E-state index contributed by atoms with van der Waals surface area (Å²) in [5.41, 5.74) is 0.649. The van der Waals surface area contributed by atoms with Crippen LogP contribution in [0, 0.1) is 5.41 Å². The number of rotatable bonds is 4. The van der Waals surface area contributed by atoms with Crippen LogP contribution in [0.2, 0.25) is 0 Å². The van der Waals surface area contributed by atoms with Crippen LogP contribution in [-0.2, 0) is 0 Å². The van der Waals surface area contributed by atoms with Crippen molar-refractivity contribution in [1.29, 1.82) is 0 Å². The molecule has 0 bridgehead atoms. The highest BCUT2D eigenvalue weighted by Gasteiger charge is 2.32. The lowest BCUT2D eigenvalue weighted by molar-refractivity contribution is 0.328. The Balaban J connectivity index is 2.21. The maximum Gasteiger partial charge on any atom is 0.0151 e. The van der Waals surface area contributed by atoms with Gasteiger partial charge in [-0.1, -0.05) is 29.8 Å². The van der Waals surface area contributed by atoms with E-state index in [1.807, 2.05) is 0 Å². The van der Waals surface area contributed by atoms with Crippen molar-refractivity contribution in [1.82, 2.24) is 0 Å². The largest absolute Gasteiger partial charge is 0.162 e. The molecule has 0 spiro atoms. The Morgan fingerprint density at radius 2 is 2.33 bits per heavy atom. The molecule has 2 unspecified atom stereocenters. The van der Waals surface area contributed by atoms with Crippen LogP contribution in [0.5, 0.6) is 0 Å². The Kier molecular flexibility index (Phi) is 4.45. The molecule has 1 aliphatic carbocycles. The fourth-order valence-electron chi connectivity index (χ4n) is 1.93. The lowest BCUT2D eigenvalue weighted by Crippen LogP contribution is -2.13. The van der Waals surface area contributed by atoms with E-state index in [4.69, 9.17) is 0 Å². The molecule has 1 aliphatic rings. The van der Waals surface area contributed by atoms with E-state index >= 15 is 0 Å². The van der Waals surface area contributed by atoms with E-state index in [2.05, 4.69) is 41.5 Å². The fourth-order valence-corrected chi connectivity index (χ4v) is 3.87. The molecular weight excluding hydrogens is 232 g/mol. The van der Waals surface area contributed by atoms with Gasteiger partial charge >= 0.3 is 0 Å². The van der Waals surface area contributed by atoms with Crippen LogP contribution in [0.25, 0.3) is 0 Å². The molecule has 1 fully saturated rings. The fraction of sp³-hybridized carbons (Fsp3) is 1.00. The van der Waals surface area contributed by atoms with Crippen molar-refractivity contribution >= 4 is 27.7 Å². The second kappa shape index (κ2) is 4.90. The van der Waals surface area contributed by atoms with Gasteiger partial charge in [0.15, 0.2) is 0 Å². The van der Waals surface area contributed by atoms with Crippen LogP contribution in [0.4, 0.5) is 0 Å². The quantitative estimate of drug-likeness (QED) is 0.536. The van der Waals surface area contributed by atoms with Crippen molar-refractivity contribution in [3.05, 3.63) is 0 Å². The van der Waals surface area contributed by atoms with Crippen molar-refractivity contribution in [2.24, 2.45) is 5.41 Å². The molecule has 2 atom stereocenters. The van der Waals surface area contributed by atoms with E-state index in [1.165, 1.54) is 37.2 Å². The summed E-state index contributed by atoms with van der Waals surface area (Å²) < 4.78 is 0. The van der Waals surface area contributed by atoms with E-state index in [9.17, 15) is 0 Å². The second-order valence-electron chi connectivity index (χ2n) is 4.10. The zero-order chi connectivity index (χ0) is 9.03. The summed E-state index contributed by atoms with van der Waals surface area (Å²) in [5, 5.41) is 0. The molecule has 12 heavy (non-hydrogen) atoms. The second-order valence-corrected chi connectivity index (χ2v) is 6.79. The van der Waals surface area contributed by atoms with E-state index in [0.29, 0.717) is 5.41 Å². The highest BCUT2D eigenvalue weighted by molar-refractivity contribution is 9.09. The number of hydrogen-bond acceptors (Lipinski definition) is 1. The minimum absolute atomic E-state index is 0.649. The van der Waals surface area contributed by atoms with Gasteiger partial charge in [0.2, 0.25) is 0 Å². The molecule has 1 rings (SSSR count). The van der Waals surface area contributed by atoms with Gasteiger partial charge in [-0.05, 0) is 42.6 Å². The van der Waals surface area contributed by atoms with Crippen LogP contribution in [-0.4, -0.2) is 16.3 Å². The Bertz CT molecular complexity index is 138. The summed E-state index contributed by atoms with van der Waals surface area (Å²) in [6, 6.07) is 0. The van der Waals surface area contributed by atoms with Crippen LogP contribution in [0.15, 0.2) is 0 Å². The van der Waals surface area contributed by atoms with E-state index in [1.54, 1.807) is 0 Å². The van der Waals surface area contributed by atoms with E-state index in [0.717, 1.165) is 4.83 Å². The van der Waals surface area contributed by atoms with E-state index in [-0.39, 0.29) is 0 Å². The van der Waals surface area contributed by atoms with Crippen molar-refractivity contribution < 1.29 is 0 Å². The van der Waals surface area contributed by atoms with Crippen molar-refractivity contribution in [3.63, 3.8) is 0 Å². The SMILES string of the molecule is CCSCCC1(C)CCC(Br)C1. The van der Waals surface area contributed by atoms with Gasteiger partial charge in [-0.15, -0.1) is 0 Å². The zero-order valence-electron chi connectivity index (χ0n) is 8.11. The van der Waals surface area contributed by atoms with Gasteiger partial charge in [-0.25, -0.2) is 0 Å².